The second-order valence-electron chi connectivity index (χ2n) is 7.97. The van der Waals surface area contributed by atoms with Gasteiger partial charge in [-0.3, -0.25) is 14.3 Å². The minimum atomic E-state index is -0.930. The SMILES string of the molecule is CC(C)(C)C(NC(=O)c1nn(Cc2ccc(F)cc2)c2ccc(F)cc12)C(N)=O. The van der Waals surface area contributed by atoms with E-state index in [1.807, 2.05) is 0 Å². The molecule has 0 aliphatic carbocycles. The molecular weight excluding hydrogens is 378 g/mol. The number of fused-ring (bicyclic) bond motifs is 1. The molecule has 1 atom stereocenters. The number of aromatic nitrogens is 2. The van der Waals surface area contributed by atoms with Gasteiger partial charge in [-0.15, -0.1) is 0 Å². The average Bonchev–Trinajstić information content (AvgIpc) is 2.97. The van der Waals surface area contributed by atoms with Gasteiger partial charge in [-0.25, -0.2) is 8.78 Å². The first-order valence-corrected chi connectivity index (χ1v) is 9.07. The summed E-state index contributed by atoms with van der Waals surface area (Å²) in [5.74, 6) is -2.18. The Morgan fingerprint density at radius 1 is 1.10 bits per heavy atom. The van der Waals surface area contributed by atoms with Gasteiger partial charge in [-0.05, 0) is 41.3 Å². The van der Waals surface area contributed by atoms with Crippen LogP contribution in [0.4, 0.5) is 8.78 Å². The molecule has 0 aliphatic rings. The molecule has 1 unspecified atom stereocenters. The maximum atomic E-state index is 13.9. The highest BCUT2D eigenvalue weighted by Gasteiger charge is 2.32. The van der Waals surface area contributed by atoms with Gasteiger partial charge in [0.2, 0.25) is 5.91 Å². The second kappa shape index (κ2) is 7.62. The highest BCUT2D eigenvalue weighted by atomic mass is 19.1. The van der Waals surface area contributed by atoms with Crippen LogP contribution >= 0.6 is 0 Å². The van der Waals surface area contributed by atoms with E-state index in [-0.39, 0.29) is 18.1 Å². The molecule has 3 N–H and O–H groups in total. The normalized spacial score (nSPS) is 12.7. The van der Waals surface area contributed by atoms with Crippen molar-refractivity contribution in [2.75, 3.05) is 0 Å². The van der Waals surface area contributed by atoms with E-state index in [2.05, 4.69) is 10.4 Å². The fourth-order valence-corrected chi connectivity index (χ4v) is 3.12. The van der Waals surface area contributed by atoms with E-state index in [0.29, 0.717) is 10.9 Å². The van der Waals surface area contributed by atoms with Crippen LogP contribution in [0.5, 0.6) is 0 Å². The van der Waals surface area contributed by atoms with Crippen LogP contribution in [0.25, 0.3) is 10.9 Å². The van der Waals surface area contributed by atoms with Gasteiger partial charge in [0.1, 0.15) is 17.7 Å². The largest absolute Gasteiger partial charge is 0.368 e. The number of carbonyl (C=O) groups is 2. The average molecular weight is 400 g/mol. The van der Waals surface area contributed by atoms with E-state index in [0.717, 1.165) is 5.56 Å². The Morgan fingerprint density at radius 2 is 1.72 bits per heavy atom. The molecule has 6 nitrogen and oxygen atoms in total. The lowest BCUT2D eigenvalue weighted by Gasteiger charge is -2.28. The van der Waals surface area contributed by atoms with Gasteiger partial charge in [0.15, 0.2) is 5.69 Å². The maximum Gasteiger partial charge on any atom is 0.273 e. The molecular formula is C21H22F2N4O2. The number of carbonyl (C=O) groups excluding carboxylic acids is 2. The number of nitrogens with zero attached hydrogens (tertiary/aromatic N) is 2. The molecule has 152 valence electrons. The summed E-state index contributed by atoms with van der Waals surface area (Å²) in [5, 5.41) is 7.25. The standard InChI is InChI=1S/C21H22F2N4O2/c1-21(2,3)18(19(24)28)25-20(29)17-15-10-14(23)8-9-16(15)27(26-17)11-12-4-6-13(22)7-5-12/h4-10,18H,11H2,1-3H3,(H2,24,28)(H,25,29). The molecule has 8 heteroatoms. The first-order chi connectivity index (χ1) is 13.6. The first-order valence-electron chi connectivity index (χ1n) is 9.07. The van der Waals surface area contributed by atoms with E-state index in [4.69, 9.17) is 5.73 Å². The Bertz CT molecular complexity index is 1070. The van der Waals surface area contributed by atoms with Crippen molar-refractivity contribution in [3.63, 3.8) is 0 Å². The van der Waals surface area contributed by atoms with Gasteiger partial charge >= 0.3 is 0 Å². The van der Waals surface area contributed by atoms with Crippen LogP contribution in [0.3, 0.4) is 0 Å². The number of hydrogen-bond donors (Lipinski definition) is 2. The lowest BCUT2D eigenvalue weighted by Crippen LogP contribution is -2.52. The highest BCUT2D eigenvalue weighted by Crippen LogP contribution is 2.23. The summed E-state index contributed by atoms with van der Waals surface area (Å²) < 4.78 is 28.6. The molecule has 0 spiro atoms. The fraction of sp³-hybridized carbons (Fsp3) is 0.286. The van der Waals surface area contributed by atoms with E-state index in [9.17, 15) is 18.4 Å². The predicted octanol–water partition coefficient (Wildman–Crippen LogP) is 2.99. The molecule has 3 rings (SSSR count). The Morgan fingerprint density at radius 3 is 2.31 bits per heavy atom. The van der Waals surface area contributed by atoms with Crippen molar-refractivity contribution < 1.29 is 18.4 Å². The van der Waals surface area contributed by atoms with Crippen LogP contribution < -0.4 is 11.1 Å². The number of halogens is 2. The van der Waals surface area contributed by atoms with E-state index in [1.165, 1.54) is 35.0 Å². The van der Waals surface area contributed by atoms with Crippen molar-refractivity contribution in [1.29, 1.82) is 0 Å². The predicted molar refractivity (Wildman–Crippen MR) is 105 cm³/mol. The van der Waals surface area contributed by atoms with Gasteiger partial charge in [-0.1, -0.05) is 32.9 Å². The number of primary amides is 1. The number of rotatable bonds is 5. The first kappa shape index (κ1) is 20.4. The summed E-state index contributed by atoms with van der Waals surface area (Å²) in [6.07, 6.45) is 0. The summed E-state index contributed by atoms with van der Waals surface area (Å²) in [4.78, 5) is 24.7. The molecule has 0 radical (unpaired) electrons. The van der Waals surface area contributed by atoms with Crippen molar-refractivity contribution in [2.24, 2.45) is 11.1 Å². The number of nitrogens with one attached hydrogen (secondary N) is 1. The number of nitrogens with two attached hydrogens (primary N) is 1. The van der Waals surface area contributed by atoms with Crippen LogP contribution in [-0.4, -0.2) is 27.6 Å². The lowest BCUT2D eigenvalue weighted by molar-refractivity contribution is -0.122. The second-order valence-corrected chi connectivity index (χ2v) is 7.97. The molecule has 3 aromatic rings. The summed E-state index contributed by atoms with van der Waals surface area (Å²) in [5.41, 5.74) is 6.10. The molecule has 0 bridgehead atoms. The van der Waals surface area contributed by atoms with Gasteiger partial charge in [0, 0.05) is 5.39 Å². The summed E-state index contributed by atoms with van der Waals surface area (Å²) in [6.45, 7) is 5.57. The van der Waals surface area contributed by atoms with Crippen molar-refractivity contribution in [2.45, 2.75) is 33.4 Å². The summed E-state index contributed by atoms with van der Waals surface area (Å²) >= 11 is 0. The summed E-state index contributed by atoms with van der Waals surface area (Å²) in [6, 6.07) is 8.95. The molecule has 0 fully saturated rings. The lowest BCUT2D eigenvalue weighted by atomic mass is 9.86. The van der Waals surface area contributed by atoms with Crippen molar-refractivity contribution in [1.82, 2.24) is 15.1 Å². The van der Waals surface area contributed by atoms with Crippen LogP contribution in [0.15, 0.2) is 42.5 Å². The quantitative estimate of drug-likeness (QED) is 0.690. The molecule has 0 saturated heterocycles. The number of benzene rings is 2. The van der Waals surface area contributed by atoms with E-state index < -0.39 is 29.1 Å². The molecule has 2 aromatic carbocycles. The van der Waals surface area contributed by atoms with Crippen LogP contribution in [0, 0.1) is 17.0 Å². The molecule has 1 heterocycles. The zero-order valence-electron chi connectivity index (χ0n) is 16.4. The third-order valence-electron chi connectivity index (χ3n) is 4.60. The van der Waals surface area contributed by atoms with Gasteiger partial charge in [0.25, 0.3) is 5.91 Å². The Hall–Kier alpha value is -3.29. The van der Waals surface area contributed by atoms with E-state index >= 15 is 0 Å². The van der Waals surface area contributed by atoms with Crippen LogP contribution in [-0.2, 0) is 11.3 Å². The van der Waals surface area contributed by atoms with Gasteiger partial charge in [0.05, 0.1) is 12.1 Å². The molecule has 29 heavy (non-hydrogen) atoms. The molecule has 1 aromatic heterocycles. The smallest absolute Gasteiger partial charge is 0.273 e. The maximum absolute atomic E-state index is 13.9. The van der Waals surface area contributed by atoms with Gasteiger partial charge < -0.3 is 11.1 Å². The fourth-order valence-electron chi connectivity index (χ4n) is 3.12. The van der Waals surface area contributed by atoms with Gasteiger partial charge in [-0.2, -0.15) is 5.10 Å². The van der Waals surface area contributed by atoms with Crippen molar-refractivity contribution in [3.05, 3.63) is 65.4 Å². The molecule has 0 aliphatic heterocycles. The van der Waals surface area contributed by atoms with Crippen LogP contribution in [0.1, 0.15) is 36.8 Å². The third-order valence-corrected chi connectivity index (χ3v) is 4.60. The molecule has 0 saturated carbocycles. The Kier molecular flexibility index (Phi) is 5.37. The van der Waals surface area contributed by atoms with Crippen LogP contribution in [0.2, 0.25) is 0 Å². The topological polar surface area (TPSA) is 90.0 Å². The van der Waals surface area contributed by atoms with Crippen molar-refractivity contribution in [3.8, 4) is 0 Å². The Balaban J connectivity index is 2.01. The highest BCUT2D eigenvalue weighted by molar-refractivity contribution is 6.06. The zero-order chi connectivity index (χ0) is 21.3. The molecule has 2 amide bonds. The number of hydrogen-bond acceptors (Lipinski definition) is 3. The Labute approximate surface area is 166 Å². The zero-order valence-corrected chi connectivity index (χ0v) is 16.4. The minimum Gasteiger partial charge on any atom is -0.368 e. The number of amides is 2. The summed E-state index contributed by atoms with van der Waals surface area (Å²) in [7, 11) is 0. The minimum absolute atomic E-state index is 0.0166. The van der Waals surface area contributed by atoms with Crippen molar-refractivity contribution >= 4 is 22.7 Å². The third kappa shape index (κ3) is 4.42. The monoisotopic (exact) mass is 400 g/mol. The van der Waals surface area contributed by atoms with E-state index in [1.54, 1.807) is 32.9 Å².